The van der Waals surface area contributed by atoms with Crippen LogP contribution in [0.2, 0.25) is 0 Å². The zero-order valence-corrected chi connectivity index (χ0v) is 9.01. The van der Waals surface area contributed by atoms with Crippen molar-refractivity contribution < 1.29 is 19.5 Å². The highest BCUT2D eigenvalue weighted by atomic mass is 16.4. The summed E-state index contributed by atoms with van der Waals surface area (Å²) in [6, 6.07) is 5.34. The fraction of sp³-hybridized carbons (Fsp3) is 0.182. The molecule has 17 heavy (non-hydrogen) atoms. The number of carboxylic acid groups (broad SMARTS) is 1. The predicted molar refractivity (Wildman–Crippen MR) is 57.2 cm³/mol. The van der Waals surface area contributed by atoms with Crippen molar-refractivity contribution >= 4 is 17.8 Å². The number of benzene rings is 1. The molecule has 0 bridgehead atoms. The number of hydrogen-bond acceptors (Lipinski definition) is 4. The Hall–Kier alpha value is -2.21. The normalized spacial score (nSPS) is 15.9. The van der Waals surface area contributed by atoms with Gasteiger partial charge in [0.2, 0.25) is 0 Å². The maximum atomic E-state index is 11.8. The number of aliphatic carboxylic acids is 1. The van der Waals surface area contributed by atoms with E-state index in [1.807, 2.05) is 0 Å². The molecule has 1 unspecified atom stereocenters. The molecule has 2 N–H and O–H groups in total. The number of nitrogens with zero attached hydrogens (tertiary/aromatic N) is 1. The van der Waals surface area contributed by atoms with Crippen LogP contribution in [0.5, 0.6) is 0 Å². The molecule has 0 radical (unpaired) electrons. The zero-order chi connectivity index (χ0) is 12.6. The molecule has 1 atom stereocenters. The second-order valence-corrected chi connectivity index (χ2v) is 3.68. The van der Waals surface area contributed by atoms with Crippen LogP contribution in [0.3, 0.4) is 0 Å². The molecule has 0 spiro atoms. The van der Waals surface area contributed by atoms with E-state index in [0.29, 0.717) is 0 Å². The first-order valence-corrected chi connectivity index (χ1v) is 4.99. The number of rotatable bonds is 3. The summed E-state index contributed by atoms with van der Waals surface area (Å²) in [5.74, 6) is -2.20. The molecule has 1 aliphatic heterocycles. The third-order valence-corrected chi connectivity index (χ3v) is 2.49. The Morgan fingerprint density at radius 1 is 1.24 bits per heavy atom. The van der Waals surface area contributed by atoms with E-state index in [4.69, 9.17) is 5.11 Å². The maximum absolute atomic E-state index is 11.8. The molecule has 1 aromatic rings. The molecular weight excluding hydrogens is 224 g/mol. The molecule has 0 fully saturated rings. The minimum atomic E-state index is -1.14. The molecule has 6 nitrogen and oxygen atoms in total. The molecule has 0 aliphatic carbocycles. The van der Waals surface area contributed by atoms with Crippen molar-refractivity contribution in [3.63, 3.8) is 0 Å². The van der Waals surface area contributed by atoms with Gasteiger partial charge in [0, 0.05) is 0 Å². The fourth-order valence-electron chi connectivity index (χ4n) is 1.56. The van der Waals surface area contributed by atoms with Gasteiger partial charge < -0.3 is 5.11 Å². The lowest BCUT2D eigenvalue weighted by molar-refractivity contribution is -0.139. The van der Waals surface area contributed by atoms with Crippen LogP contribution in [0.1, 0.15) is 27.6 Å². The Kier molecular flexibility index (Phi) is 2.64. The van der Waals surface area contributed by atoms with Crippen molar-refractivity contribution in [2.75, 3.05) is 0 Å². The van der Waals surface area contributed by atoms with Crippen LogP contribution in [0, 0.1) is 0 Å². The van der Waals surface area contributed by atoms with Gasteiger partial charge in [-0.1, -0.05) is 12.1 Å². The number of hydrogen-bond donors (Lipinski definition) is 2. The number of carbonyl (C=O) groups excluding carboxylic acids is 2. The molecule has 1 heterocycles. The lowest BCUT2D eigenvalue weighted by atomic mass is 10.1. The molecule has 2 amide bonds. The van der Waals surface area contributed by atoms with Gasteiger partial charge in [-0.2, -0.15) is 0 Å². The van der Waals surface area contributed by atoms with E-state index in [0.717, 1.165) is 5.01 Å². The summed E-state index contributed by atoms with van der Waals surface area (Å²) in [4.78, 5) is 34.3. The van der Waals surface area contributed by atoms with Gasteiger partial charge in [-0.15, -0.1) is 0 Å². The quantitative estimate of drug-likeness (QED) is 0.732. The monoisotopic (exact) mass is 234 g/mol. The van der Waals surface area contributed by atoms with Crippen molar-refractivity contribution in [2.45, 2.75) is 13.0 Å². The van der Waals surface area contributed by atoms with Crippen LogP contribution in [0.25, 0.3) is 0 Å². The number of imide groups is 1. The second-order valence-electron chi connectivity index (χ2n) is 3.68. The van der Waals surface area contributed by atoms with Gasteiger partial charge in [0.15, 0.2) is 0 Å². The summed E-state index contributed by atoms with van der Waals surface area (Å²) in [6.45, 7) is 1.35. The number of nitrogens with one attached hydrogen (secondary N) is 1. The van der Waals surface area contributed by atoms with Gasteiger partial charge in [0.1, 0.15) is 6.04 Å². The topological polar surface area (TPSA) is 86.7 Å². The minimum Gasteiger partial charge on any atom is -0.480 e. The van der Waals surface area contributed by atoms with Gasteiger partial charge in [0.25, 0.3) is 11.8 Å². The molecule has 2 rings (SSSR count). The van der Waals surface area contributed by atoms with Gasteiger partial charge >= 0.3 is 5.97 Å². The standard InChI is InChI=1S/C11H10N2O4/c1-6(11(16)17)12-13-9(14)7-4-2-3-5-8(7)10(13)15/h2-6,12H,1H3,(H,16,17). The number of fused-ring (bicyclic) bond motifs is 1. The predicted octanol–water partition coefficient (Wildman–Crippen LogP) is 0.260. The number of hydrazine groups is 1. The van der Waals surface area contributed by atoms with E-state index in [1.54, 1.807) is 12.1 Å². The summed E-state index contributed by atoms with van der Waals surface area (Å²) < 4.78 is 0. The van der Waals surface area contributed by atoms with Crippen molar-refractivity contribution in [1.29, 1.82) is 0 Å². The Morgan fingerprint density at radius 2 is 1.71 bits per heavy atom. The van der Waals surface area contributed by atoms with E-state index in [1.165, 1.54) is 19.1 Å². The Morgan fingerprint density at radius 3 is 2.12 bits per heavy atom. The van der Waals surface area contributed by atoms with E-state index < -0.39 is 23.8 Å². The molecule has 6 heteroatoms. The van der Waals surface area contributed by atoms with Crippen molar-refractivity contribution in [2.24, 2.45) is 0 Å². The highest BCUT2D eigenvalue weighted by Gasteiger charge is 2.36. The summed E-state index contributed by atoms with van der Waals surface area (Å²) in [5.41, 5.74) is 2.92. The van der Waals surface area contributed by atoms with Crippen LogP contribution in [0.15, 0.2) is 24.3 Å². The van der Waals surface area contributed by atoms with Crippen LogP contribution < -0.4 is 5.43 Å². The molecule has 1 aliphatic rings. The minimum absolute atomic E-state index is 0.280. The second kappa shape index (κ2) is 3.99. The third-order valence-electron chi connectivity index (χ3n) is 2.49. The first-order chi connectivity index (χ1) is 8.02. The lowest BCUT2D eigenvalue weighted by Gasteiger charge is -2.17. The number of carbonyl (C=O) groups is 3. The molecule has 0 aromatic heterocycles. The van der Waals surface area contributed by atoms with Crippen molar-refractivity contribution in [1.82, 2.24) is 10.4 Å². The van der Waals surface area contributed by atoms with Crippen LogP contribution >= 0.6 is 0 Å². The highest BCUT2D eigenvalue weighted by molar-refractivity contribution is 6.21. The van der Waals surface area contributed by atoms with E-state index in [2.05, 4.69) is 5.43 Å². The summed E-state index contributed by atoms with van der Waals surface area (Å²) in [5, 5.41) is 9.46. The Labute approximate surface area is 96.8 Å². The highest BCUT2D eigenvalue weighted by Crippen LogP contribution is 2.20. The molecular formula is C11H10N2O4. The van der Waals surface area contributed by atoms with Gasteiger partial charge in [-0.05, 0) is 19.1 Å². The van der Waals surface area contributed by atoms with E-state index in [-0.39, 0.29) is 11.1 Å². The van der Waals surface area contributed by atoms with Gasteiger partial charge in [-0.25, -0.2) is 10.4 Å². The lowest BCUT2D eigenvalue weighted by Crippen LogP contribution is -2.49. The first kappa shape index (κ1) is 11.3. The average Bonchev–Trinajstić information content (AvgIpc) is 2.55. The fourth-order valence-corrected chi connectivity index (χ4v) is 1.56. The third kappa shape index (κ3) is 1.78. The average molecular weight is 234 g/mol. The molecule has 0 saturated carbocycles. The van der Waals surface area contributed by atoms with Gasteiger partial charge in [0.05, 0.1) is 11.1 Å². The number of carboxylic acids is 1. The smallest absolute Gasteiger partial charge is 0.322 e. The largest absolute Gasteiger partial charge is 0.480 e. The maximum Gasteiger partial charge on any atom is 0.322 e. The summed E-state index contributed by atoms with van der Waals surface area (Å²) in [6.07, 6.45) is 0. The zero-order valence-electron chi connectivity index (χ0n) is 9.01. The summed E-state index contributed by atoms with van der Waals surface area (Å²) in [7, 11) is 0. The Balaban J connectivity index is 2.27. The Bertz CT molecular complexity index is 477. The summed E-state index contributed by atoms with van der Waals surface area (Å²) >= 11 is 0. The SMILES string of the molecule is CC(NN1C(=O)c2ccccc2C1=O)C(=O)O. The van der Waals surface area contributed by atoms with Crippen LogP contribution in [-0.2, 0) is 4.79 Å². The first-order valence-electron chi connectivity index (χ1n) is 4.99. The molecule has 0 saturated heterocycles. The van der Waals surface area contributed by atoms with Crippen molar-refractivity contribution in [3.8, 4) is 0 Å². The molecule has 1 aromatic carbocycles. The van der Waals surface area contributed by atoms with E-state index in [9.17, 15) is 14.4 Å². The van der Waals surface area contributed by atoms with Crippen LogP contribution in [-0.4, -0.2) is 33.9 Å². The molecule has 88 valence electrons. The van der Waals surface area contributed by atoms with Crippen molar-refractivity contribution in [3.05, 3.63) is 35.4 Å². The van der Waals surface area contributed by atoms with Gasteiger partial charge in [-0.3, -0.25) is 14.4 Å². The van der Waals surface area contributed by atoms with Crippen LogP contribution in [0.4, 0.5) is 0 Å². The van der Waals surface area contributed by atoms with E-state index >= 15 is 0 Å². The number of amides is 2.